The number of carboxylic acid groups (broad SMARTS) is 1. The molecule has 1 N–H and O–H groups in total. The summed E-state index contributed by atoms with van der Waals surface area (Å²) >= 11 is 0. The zero-order valence-electron chi connectivity index (χ0n) is 16.0. The molecule has 10 heteroatoms. The molecule has 0 bridgehead atoms. The van der Waals surface area contributed by atoms with Crippen molar-refractivity contribution < 1.29 is 24.3 Å². The molecule has 0 amide bonds. The van der Waals surface area contributed by atoms with Gasteiger partial charge in [0, 0.05) is 23.8 Å². The smallest absolute Gasteiger partial charge is 0.415 e. The topological polar surface area (TPSA) is 120 Å². The van der Waals surface area contributed by atoms with Gasteiger partial charge in [-0.05, 0) is 49.0 Å². The Balaban J connectivity index is 1.31. The van der Waals surface area contributed by atoms with Crippen molar-refractivity contribution in [1.82, 2.24) is 9.55 Å². The first-order chi connectivity index (χ1) is 13.8. The largest absolute Gasteiger partial charge is 0.489 e. The van der Waals surface area contributed by atoms with E-state index in [1.165, 1.54) is 6.20 Å². The number of nitrogens with zero attached hydrogens (tertiary/aromatic N) is 4. The molecule has 0 spiro atoms. The molecule has 2 aliphatic heterocycles. The highest BCUT2D eigenvalue weighted by molar-refractivity contribution is 5.70. The van der Waals surface area contributed by atoms with Crippen molar-refractivity contribution in [2.75, 3.05) is 24.6 Å². The van der Waals surface area contributed by atoms with Gasteiger partial charge in [0.1, 0.15) is 18.6 Å². The van der Waals surface area contributed by atoms with E-state index in [0.717, 1.165) is 18.8 Å². The van der Waals surface area contributed by atoms with Crippen molar-refractivity contribution in [3.05, 3.63) is 40.6 Å². The summed E-state index contributed by atoms with van der Waals surface area (Å²) in [7, 11) is 0. The van der Waals surface area contributed by atoms with Gasteiger partial charge < -0.3 is 29.6 Å². The molecular formula is C19H22N4O6. The molecule has 1 saturated heterocycles. The highest BCUT2D eigenvalue weighted by Crippen LogP contribution is 2.32. The number of aromatic nitrogens is 2. The van der Waals surface area contributed by atoms with Gasteiger partial charge in [0.25, 0.3) is 0 Å². The van der Waals surface area contributed by atoms with E-state index in [0.29, 0.717) is 25.1 Å². The minimum Gasteiger partial charge on any atom is -0.489 e. The number of carboxylic acids is 1. The molecule has 1 aromatic heterocycles. The van der Waals surface area contributed by atoms with E-state index < -0.39 is 16.5 Å². The number of piperidine rings is 1. The fraction of sp³-hybridized carbons (Fsp3) is 0.474. The van der Waals surface area contributed by atoms with Crippen LogP contribution in [0.4, 0.5) is 11.5 Å². The van der Waals surface area contributed by atoms with Gasteiger partial charge in [0.2, 0.25) is 0 Å². The maximum Gasteiger partial charge on any atom is 0.415 e. The fourth-order valence-electron chi connectivity index (χ4n) is 3.73. The second-order valence-electron chi connectivity index (χ2n) is 7.70. The first-order valence-electron chi connectivity index (χ1n) is 9.44. The molecule has 1 aromatic carbocycles. The molecule has 2 aliphatic rings. The average Bonchev–Trinajstić information content (AvgIpc) is 3.22. The summed E-state index contributed by atoms with van der Waals surface area (Å²) < 4.78 is 13.2. The number of anilines is 1. The first kappa shape index (κ1) is 19.0. The summed E-state index contributed by atoms with van der Waals surface area (Å²) in [5, 5.41) is 19.9. The third-order valence-corrected chi connectivity index (χ3v) is 5.35. The lowest BCUT2D eigenvalue weighted by molar-refractivity contribution is -0.389. The SMILES string of the molecule is C[C@]1(COc2ccc(N3CCC(C(=O)O)CC3)cc2)Cn2cc([N+](=O)[O-])nc2O1. The van der Waals surface area contributed by atoms with Crippen LogP contribution in [0.1, 0.15) is 19.8 Å². The molecule has 0 saturated carbocycles. The minimum absolute atomic E-state index is 0.225. The Bertz CT molecular complexity index is 894. The van der Waals surface area contributed by atoms with Gasteiger partial charge in [-0.15, -0.1) is 0 Å². The van der Waals surface area contributed by atoms with Crippen LogP contribution in [0.3, 0.4) is 0 Å². The van der Waals surface area contributed by atoms with Gasteiger partial charge in [-0.25, -0.2) is 0 Å². The van der Waals surface area contributed by atoms with Gasteiger partial charge in [-0.2, -0.15) is 0 Å². The number of imidazole rings is 1. The van der Waals surface area contributed by atoms with E-state index in [1.54, 1.807) is 4.57 Å². The standard InChI is InChI=1S/C19H22N4O6/c1-19(11-22-10-16(23(26)27)20-18(22)29-19)12-28-15-4-2-14(3-5-15)21-8-6-13(7-9-21)17(24)25/h2-5,10,13H,6-9,11-12H2,1H3,(H,24,25)/t19-/m1/s1. The summed E-state index contributed by atoms with van der Waals surface area (Å²) in [4.78, 5) is 27.3. The van der Waals surface area contributed by atoms with E-state index in [-0.39, 0.29) is 24.4 Å². The summed E-state index contributed by atoms with van der Waals surface area (Å²) in [5.41, 5.74) is 0.381. The van der Waals surface area contributed by atoms with E-state index in [2.05, 4.69) is 9.88 Å². The summed E-state index contributed by atoms with van der Waals surface area (Å²) in [6.07, 6.45) is 2.66. The Morgan fingerprint density at radius 2 is 2.07 bits per heavy atom. The van der Waals surface area contributed by atoms with Gasteiger partial charge in [-0.3, -0.25) is 9.36 Å². The summed E-state index contributed by atoms with van der Waals surface area (Å²) in [6.45, 7) is 4.00. The van der Waals surface area contributed by atoms with Crippen molar-refractivity contribution in [2.45, 2.75) is 31.9 Å². The molecule has 10 nitrogen and oxygen atoms in total. The zero-order valence-corrected chi connectivity index (χ0v) is 16.0. The maximum absolute atomic E-state index is 11.1. The van der Waals surface area contributed by atoms with Crippen LogP contribution in [0.2, 0.25) is 0 Å². The molecule has 0 aliphatic carbocycles. The van der Waals surface area contributed by atoms with Gasteiger partial charge in [-0.1, -0.05) is 0 Å². The number of ether oxygens (including phenoxy) is 2. The number of hydrogen-bond donors (Lipinski definition) is 1. The monoisotopic (exact) mass is 402 g/mol. The predicted octanol–water partition coefficient (Wildman–Crippen LogP) is 2.32. The second-order valence-corrected chi connectivity index (χ2v) is 7.70. The van der Waals surface area contributed by atoms with E-state index in [9.17, 15) is 14.9 Å². The Morgan fingerprint density at radius 3 is 2.66 bits per heavy atom. The second kappa shape index (κ2) is 7.26. The van der Waals surface area contributed by atoms with Crippen LogP contribution in [0.25, 0.3) is 0 Å². The maximum atomic E-state index is 11.1. The molecule has 1 atom stereocenters. The van der Waals surface area contributed by atoms with Crippen LogP contribution in [0.15, 0.2) is 30.5 Å². The number of nitro groups is 1. The lowest BCUT2D eigenvalue weighted by Crippen LogP contribution is -2.38. The lowest BCUT2D eigenvalue weighted by Gasteiger charge is -2.32. The number of hydrogen-bond acceptors (Lipinski definition) is 7. The zero-order chi connectivity index (χ0) is 20.6. The highest BCUT2D eigenvalue weighted by Gasteiger charge is 2.41. The van der Waals surface area contributed by atoms with Crippen LogP contribution in [0.5, 0.6) is 11.8 Å². The Kier molecular flexibility index (Phi) is 4.77. The molecular weight excluding hydrogens is 380 g/mol. The molecule has 29 heavy (non-hydrogen) atoms. The van der Waals surface area contributed by atoms with Crippen LogP contribution in [0, 0.1) is 16.0 Å². The third kappa shape index (κ3) is 3.96. The number of benzene rings is 1. The average molecular weight is 402 g/mol. The van der Waals surface area contributed by atoms with Gasteiger partial charge >= 0.3 is 17.8 Å². The van der Waals surface area contributed by atoms with E-state index in [4.69, 9.17) is 14.6 Å². The lowest BCUT2D eigenvalue weighted by atomic mass is 9.97. The van der Waals surface area contributed by atoms with Crippen LogP contribution in [-0.4, -0.2) is 50.8 Å². The van der Waals surface area contributed by atoms with Crippen molar-refractivity contribution in [3.8, 4) is 11.8 Å². The van der Waals surface area contributed by atoms with Crippen molar-refractivity contribution in [3.63, 3.8) is 0 Å². The Morgan fingerprint density at radius 1 is 1.38 bits per heavy atom. The first-order valence-corrected chi connectivity index (χ1v) is 9.44. The van der Waals surface area contributed by atoms with Crippen molar-refractivity contribution in [2.24, 2.45) is 5.92 Å². The number of carbonyl (C=O) groups is 1. The highest BCUT2D eigenvalue weighted by atomic mass is 16.6. The molecule has 2 aromatic rings. The third-order valence-electron chi connectivity index (χ3n) is 5.35. The van der Waals surface area contributed by atoms with Crippen LogP contribution >= 0.6 is 0 Å². The summed E-state index contributed by atoms with van der Waals surface area (Å²) in [6, 6.07) is 7.90. The van der Waals surface area contributed by atoms with Gasteiger partial charge in [0.15, 0.2) is 5.60 Å². The molecule has 3 heterocycles. The number of aliphatic carboxylic acids is 1. The van der Waals surface area contributed by atoms with Crippen LogP contribution < -0.4 is 14.4 Å². The van der Waals surface area contributed by atoms with Crippen molar-refractivity contribution >= 4 is 17.5 Å². The minimum atomic E-state index is -0.715. The quantitative estimate of drug-likeness (QED) is 0.577. The van der Waals surface area contributed by atoms with Gasteiger partial charge in [0.05, 0.1) is 12.5 Å². The molecule has 0 radical (unpaired) electrons. The number of rotatable bonds is 6. The number of fused-ring (bicyclic) bond motifs is 1. The summed E-state index contributed by atoms with van der Waals surface area (Å²) in [5.74, 6) is -0.509. The molecule has 4 rings (SSSR count). The normalized spacial score (nSPS) is 21.5. The molecule has 1 fully saturated rings. The Labute approximate surface area is 166 Å². The molecule has 0 unspecified atom stereocenters. The predicted molar refractivity (Wildman–Crippen MR) is 102 cm³/mol. The van der Waals surface area contributed by atoms with E-state index >= 15 is 0 Å². The van der Waals surface area contributed by atoms with Crippen molar-refractivity contribution in [1.29, 1.82) is 0 Å². The Hall–Kier alpha value is -3.30. The fourth-order valence-corrected chi connectivity index (χ4v) is 3.73. The van der Waals surface area contributed by atoms with Crippen LogP contribution in [-0.2, 0) is 11.3 Å². The molecule has 154 valence electrons. The van der Waals surface area contributed by atoms with E-state index in [1.807, 2.05) is 31.2 Å².